The van der Waals surface area contributed by atoms with Gasteiger partial charge in [0.2, 0.25) is 0 Å². The Morgan fingerprint density at radius 3 is 2.77 bits per heavy atom. The van der Waals surface area contributed by atoms with Crippen LogP contribution < -0.4 is 0 Å². The molecule has 72 valence electrons. The first-order chi connectivity index (χ1) is 6.19. The standard InChI is InChI=1S/C8H12N2O3/c1-2-7-6(8(12)13)5-10(9-7)3-4-11/h5,11H,2-4H2,1H3,(H,12,13). The molecule has 0 aliphatic rings. The number of aryl methyl sites for hydroxylation is 1. The molecule has 0 aromatic carbocycles. The van der Waals surface area contributed by atoms with E-state index in [9.17, 15) is 4.79 Å². The maximum absolute atomic E-state index is 10.7. The molecule has 1 aromatic heterocycles. The number of aromatic nitrogens is 2. The van der Waals surface area contributed by atoms with Gasteiger partial charge in [-0.15, -0.1) is 0 Å². The largest absolute Gasteiger partial charge is 0.478 e. The lowest BCUT2D eigenvalue weighted by atomic mass is 10.2. The Bertz CT molecular complexity index is 306. The second-order valence-electron chi connectivity index (χ2n) is 2.63. The predicted molar refractivity (Wildman–Crippen MR) is 45.7 cm³/mol. The van der Waals surface area contributed by atoms with E-state index in [2.05, 4.69) is 5.10 Å². The Morgan fingerprint density at radius 2 is 2.38 bits per heavy atom. The molecule has 0 amide bonds. The third-order valence-corrected chi connectivity index (χ3v) is 1.73. The van der Waals surface area contributed by atoms with Crippen molar-refractivity contribution in [2.45, 2.75) is 19.9 Å². The molecule has 0 fully saturated rings. The molecule has 1 rings (SSSR count). The summed E-state index contributed by atoms with van der Waals surface area (Å²) in [7, 11) is 0. The van der Waals surface area contributed by atoms with E-state index in [1.807, 2.05) is 6.92 Å². The molecule has 2 N–H and O–H groups in total. The van der Waals surface area contributed by atoms with Crippen LogP contribution in [0.4, 0.5) is 0 Å². The number of rotatable bonds is 4. The van der Waals surface area contributed by atoms with Gasteiger partial charge in [0.05, 0.1) is 18.8 Å². The monoisotopic (exact) mass is 184 g/mol. The Hall–Kier alpha value is -1.36. The van der Waals surface area contributed by atoms with Gasteiger partial charge < -0.3 is 10.2 Å². The van der Waals surface area contributed by atoms with Gasteiger partial charge in [0.25, 0.3) is 0 Å². The van der Waals surface area contributed by atoms with Crippen molar-refractivity contribution in [3.05, 3.63) is 17.5 Å². The number of carbonyl (C=O) groups is 1. The minimum Gasteiger partial charge on any atom is -0.478 e. The van der Waals surface area contributed by atoms with E-state index >= 15 is 0 Å². The number of hydrogen-bond donors (Lipinski definition) is 2. The lowest BCUT2D eigenvalue weighted by Gasteiger charge is -1.94. The van der Waals surface area contributed by atoms with Gasteiger partial charge in [0.15, 0.2) is 0 Å². The molecule has 1 heterocycles. The predicted octanol–water partition coefficient (Wildman–Crippen LogP) is 0.136. The zero-order valence-corrected chi connectivity index (χ0v) is 7.40. The third-order valence-electron chi connectivity index (χ3n) is 1.73. The highest BCUT2D eigenvalue weighted by molar-refractivity contribution is 5.88. The quantitative estimate of drug-likeness (QED) is 0.697. The van der Waals surface area contributed by atoms with Crippen LogP contribution >= 0.6 is 0 Å². The van der Waals surface area contributed by atoms with Crippen molar-refractivity contribution in [3.63, 3.8) is 0 Å². The summed E-state index contributed by atoms with van der Waals surface area (Å²) in [5.41, 5.74) is 0.775. The first-order valence-corrected chi connectivity index (χ1v) is 4.09. The van der Waals surface area contributed by atoms with Crippen molar-refractivity contribution in [2.24, 2.45) is 0 Å². The van der Waals surface area contributed by atoms with Crippen molar-refractivity contribution in [1.29, 1.82) is 0 Å². The number of carboxylic acid groups (broad SMARTS) is 1. The normalized spacial score (nSPS) is 10.3. The zero-order valence-electron chi connectivity index (χ0n) is 7.40. The van der Waals surface area contributed by atoms with E-state index in [4.69, 9.17) is 10.2 Å². The highest BCUT2D eigenvalue weighted by Crippen LogP contribution is 2.07. The molecular weight excluding hydrogens is 172 g/mol. The molecule has 0 saturated carbocycles. The molecule has 1 aromatic rings. The van der Waals surface area contributed by atoms with Gasteiger partial charge in [-0.25, -0.2) is 4.79 Å². The summed E-state index contributed by atoms with van der Waals surface area (Å²) in [5.74, 6) is -0.971. The summed E-state index contributed by atoms with van der Waals surface area (Å²) in [6, 6.07) is 0. The molecule has 0 unspecified atom stereocenters. The van der Waals surface area contributed by atoms with Gasteiger partial charge in [0.1, 0.15) is 5.56 Å². The van der Waals surface area contributed by atoms with E-state index < -0.39 is 5.97 Å². The first kappa shape index (κ1) is 9.73. The number of aromatic carboxylic acids is 1. The molecule has 0 aliphatic heterocycles. The maximum atomic E-state index is 10.7. The Balaban J connectivity index is 2.97. The highest BCUT2D eigenvalue weighted by atomic mass is 16.4. The van der Waals surface area contributed by atoms with Gasteiger partial charge in [-0.2, -0.15) is 5.10 Å². The fourth-order valence-corrected chi connectivity index (χ4v) is 1.12. The Labute approximate surface area is 75.6 Å². The summed E-state index contributed by atoms with van der Waals surface area (Å²) < 4.78 is 1.45. The summed E-state index contributed by atoms with van der Waals surface area (Å²) in [4.78, 5) is 10.7. The van der Waals surface area contributed by atoms with Gasteiger partial charge in [-0.3, -0.25) is 4.68 Å². The Morgan fingerprint density at radius 1 is 1.69 bits per heavy atom. The number of aliphatic hydroxyl groups excluding tert-OH is 1. The number of carboxylic acids is 1. The van der Waals surface area contributed by atoms with E-state index in [0.29, 0.717) is 18.7 Å². The third kappa shape index (κ3) is 2.06. The van der Waals surface area contributed by atoms with Gasteiger partial charge in [0, 0.05) is 6.20 Å². The van der Waals surface area contributed by atoms with Crippen LogP contribution in [0.25, 0.3) is 0 Å². The summed E-state index contributed by atoms with van der Waals surface area (Å²) in [6.45, 7) is 2.14. The molecular formula is C8H12N2O3. The lowest BCUT2D eigenvalue weighted by Crippen LogP contribution is -2.02. The van der Waals surface area contributed by atoms with E-state index in [-0.39, 0.29) is 12.2 Å². The van der Waals surface area contributed by atoms with E-state index in [1.165, 1.54) is 10.9 Å². The summed E-state index contributed by atoms with van der Waals surface area (Å²) in [5, 5.41) is 21.4. The van der Waals surface area contributed by atoms with Gasteiger partial charge >= 0.3 is 5.97 Å². The molecule has 5 heteroatoms. The van der Waals surface area contributed by atoms with Crippen molar-refractivity contribution >= 4 is 5.97 Å². The van der Waals surface area contributed by atoms with Crippen LogP contribution in [-0.4, -0.2) is 32.6 Å². The lowest BCUT2D eigenvalue weighted by molar-refractivity contribution is 0.0695. The molecule has 0 saturated heterocycles. The first-order valence-electron chi connectivity index (χ1n) is 4.09. The van der Waals surface area contributed by atoms with Gasteiger partial charge in [-0.05, 0) is 6.42 Å². The van der Waals surface area contributed by atoms with Crippen LogP contribution in [0, 0.1) is 0 Å². The van der Waals surface area contributed by atoms with Crippen LogP contribution in [0.5, 0.6) is 0 Å². The average molecular weight is 184 g/mol. The van der Waals surface area contributed by atoms with Crippen LogP contribution in [0.15, 0.2) is 6.20 Å². The van der Waals surface area contributed by atoms with Crippen molar-refractivity contribution < 1.29 is 15.0 Å². The van der Waals surface area contributed by atoms with Gasteiger partial charge in [-0.1, -0.05) is 6.92 Å². The van der Waals surface area contributed by atoms with E-state index in [1.54, 1.807) is 0 Å². The topological polar surface area (TPSA) is 75.3 Å². The maximum Gasteiger partial charge on any atom is 0.339 e. The van der Waals surface area contributed by atoms with Crippen LogP contribution in [0.1, 0.15) is 23.0 Å². The second-order valence-corrected chi connectivity index (χ2v) is 2.63. The molecule has 0 atom stereocenters. The fraction of sp³-hybridized carbons (Fsp3) is 0.500. The summed E-state index contributed by atoms with van der Waals surface area (Å²) in [6.07, 6.45) is 2.03. The molecule has 0 radical (unpaired) electrons. The molecule has 0 spiro atoms. The molecule has 0 aliphatic carbocycles. The fourth-order valence-electron chi connectivity index (χ4n) is 1.12. The number of aliphatic hydroxyl groups is 1. The van der Waals surface area contributed by atoms with Crippen LogP contribution in [0.2, 0.25) is 0 Å². The smallest absolute Gasteiger partial charge is 0.339 e. The molecule has 13 heavy (non-hydrogen) atoms. The minimum absolute atomic E-state index is 0.0378. The SMILES string of the molecule is CCc1nn(CCO)cc1C(=O)O. The average Bonchev–Trinajstić information content (AvgIpc) is 2.48. The van der Waals surface area contributed by atoms with Crippen LogP contribution in [-0.2, 0) is 13.0 Å². The molecule has 5 nitrogen and oxygen atoms in total. The number of hydrogen-bond acceptors (Lipinski definition) is 3. The number of nitrogens with zero attached hydrogens (tertiary/aromatic N) is 2. The second kappa shape index (κ2) is 4.04. The van der Waals surface area contributed by atoms with Crippen molar-refractivity contribution in [1.82, 2.24) is 9.78 Å². The van der Waals surface area contributed by atoms with Crippen molar-refractivity contribution in [2.75, 3.05) is 6.61 Å². The van der Waals surface area contributed by atoms with E-state index in [0.717, 1.165) is 0 Å². The Kier molecular flexibility index (Phi) is 3.02. The molecule has 0 bridgehead atoms. The minimum atomic E-state index is -0.971. The zero-order chi connectivity index (χ0) is 9.84. The van der Waals surface area contributed by atoms with Crippen LogP contribution in [0.3, 0.4) is 0 Å². The highest BCUT2D eigenvalue weighted by Gasteiger charge is 2.13. The summed E-state index contributed by atoms with van der Waals surface area (Å²) >= 11 is 0. The van der Waals surface area contributed by atoms with Crippen molar-refractivity contribution in [3.8, 4) is 0 Å².